The molecule has 3 N–H and O–H groups in total. The van der Waals surface area contributed by atoms with Crippen molar-refractivity contribution >= 4 is 44.9 Å². The maximum absolute atomic E-state index is 12.3. The summed E-state index contributed by atoms with van der Waals surface area (Å²) in [6.07, 6.45) is 1.71. The molecule has 0 atom stereocenters. The molecular formula is C20H19N7OS. The van der Waals surface area contributed by atoms with Crippen molar-refractivity contribution in [3.05, 3.63) is 65.6 Å². The van der Waals surface area contributed by atoms with Gasteiger partial charge in [0.05, 0.1) is 15.7 Å². The summed E-state index contributed by atoms with van der Waals surface area (Å²) in [4.78, 5) is 29.5. The van der Waals surface area contributed by atoms with E-state index in [-0.39, 0.29) is 5.91 Å². The Labute approximate surface area is 171 Å². The molecule has 0 aliphatic carbocycles. The van der Waals surface area contributed by atoms with Crippen molar-refractivity contribution < 1.29 is 4.79 Å². The van der Waals surface area contributed by atoms with Crippen molar-refractivity contribution in [2.24, 2.45) is 0 Å². The lowest BCUT2D eigenvalue weighted by atomic mass is 10.2. The zero-order chi connectivity index (χ0) is 20.1. The van der Waals surface area contributed by atoms with Crippen molar-refractivity contribution in [1.82, 2.24) is 25.3 Å². The average molecular weight is 405 g/mol. The number of aryl methyl sites for hydroxylation is 1. The number of rotatable bonds is 7. The minimum absolute atomic E-state index is 0.113. The van der Waals surface area contributed by atoms with E-state index in [4.69, 9.17) is 0 Å². The van der Waals surface area contributed by atoms with Gasteiger partial charge in [-0.15, -0.1) is 11.3 Å². The molecule has 0 radical (unpaired) electrons. The minimum Gasteiger partial charge on any atom is -0.368 e. The second kappa shape index (κ2) is 8.61. The highest BCUT2D eigenvalue weighted by atomic mass is 32.1. The van der Waals surface area contributed by atoms with Gasteiger partial charge >= 0.3 is 0 Å². The van der Waals surface area contributed by atoms with Crippen LogP contribution >= 0.6 is 11.3 Å². The van der Waals surface area contributed by atoms with Gasteiger partial charge in [-0.1, -0.05) is 6.07 Å². The summed E-state index contributed by atoms with van der Waals surface area (Å²) >= 11 is 1.52. The smallest absolute Gasteiger partial charge is 0.251 e. The lowest BCUT2D eigenvalue weighted by Gasteiger charge is -2.10. The highest BCUT2D eigenvalue weighted by Crippen LogP contribution is 2.19. The first kappa shape index (κ1) is 18.8. The lowest BCUT2D eigenvalue weighted by Crippen LogP contribution is -2.28. The fourth-order valence-electron chi connectivity index (χ4n) is 2.76. The van der Waals surface area contributed by atoms with Gasteiger partial charge in [0, 0.05) is 30.9 Å². The van der Waals surface area contributed by atoms with Crippen LogP contribution in [0.3, 0.4) is 0 Å². The fourth-order valence-corrected chi connectivity index (χ4v) is 3.47. The van der Waals surface area contributed by atoms with Crippen LogP contribution in [0.1, 0.15) is 16.2 Å². The van der Waals surface area contributed by atoms with E-state index >= 15 is 0 Å². The first-order valence-electron chi connectivity index (χ1n) is 9.06. The van der Waals surface area contributed by atoms with Crippen LogP contribution in [0.2, 0.25) is 0 Å². The number of hydrogen-bond acceptors (Lipinski definition) is 8. The number of fused-ring (bicyclic) bond motifs is 1. The van der Waals surface area contributed by atoms with Gasteiger partial charge in [-0.25, -0.2) is 19.9 Å². The molecule has 0 aliphatic heterocycles. The molecule has 1 amide bonds. The van der Waals surface area contributed by atoms with Crippen LogP contribution in [-0.4, -0.2) is 38.9 Å². The van der Waals surface area contributed by atoms with E-state index in [9.17, 15) is 4.79 Å². The maximum atomic E-state index is 12.3. The zero-order valence-corrected chi connectivity index (χ0v) is 16.5. The Morgan fingerprint density at radius 1 is 1.00 bits per heavy atom. The Hall–Kier alpha value is -3.59. The lowest BCUT2D eigenvalue weighted by molar-refractivity contribution is 0.0955. The molecule has 3 heterocycles. The summed E-state index contributed by atoms with van der Waals surface area (Å²) in [7, 11) is 0. The first-order chi connectivity index (χ1) is 14.2. The zero-order valence-electron chi connectivity index (χ0n) is 15.7. The fraction of sp³-hybridized carbons (Fsp3) is 0.150. The number of anilines is 3. The van der Waals surface area contributed by atoms with Crippen molar-refractivity contribution in [2.45, 2.75) is 6.92 Å². The van der Waals surface area contributed by atoms with E-state index in [0.717, 1.165) is 10.2 Å². The number of carbonyl (C=O) groups is 1. The number of amides is 1. The SMILES string of the molecule is Cc1nc(NCCNC(=O)c2ccc3ncsc3c2)cc(Nc2ccccn2)n1. The Balaban J connectivity index is 1.31. The van der Waals surface area contributed by atoms with Gasteiger partial charge in [-0.3, -0.25) is 4.79 Å². The monoisotopic (exact) mass is 405 g/mol. The van der Waals surface area contributed by atoms with Gasteiger partial charge in [-0.05, 0) is 37.3 Å². The largest absolute Gasteiger partial charge is 0.368 e. The van der Waals surface area contributed by atoms with E-state index in [1.807, 2.05) is 37.3 Å². The highest BCUT2D eigenvalue weighted by Gasteiger charge is 2.07. The van der Waals surface area contributed by atoms with E-state index in [1.165, 1.54) is 11.3 Å². The molecule has 0 bridgehead atoms. The molecule has 29 heavy (non-hydrogen) atoms. The molecule has 146 valence electrons. The predicted molar refractivity (Wildman–Crippen MR) is 115 cm³/mol. The summed E-state index contributed by atoms with van der Waals surface area (Å²) in [5.74, 6) is 2.56. The molecule has 4 aromatic rings. The van der Waals surface area contributed by atoms with Gasteiger partial charge in [0.25, 0.3) is 5.91 Å². The van der Waals surface area contributed by atoms with E-state index in [0.29, 0.717) is 41.9 Å². The number of carbonyl (C=O) groups excluding carboxylic acids is 1. The third kappa shape index (κ3) is 4.82. The van der Waals surface area contributed by atoms with Gasteiger partial charge < -0.3 is 16.0 Å². The number of benzene rings is 1. The topological polar surface area (TPSA) is 105 Å². The quantitative estimate of drug-likeness (QED) is 0.405. The van der Waals surface area contributed by atoms with Crippen LogP contribution in [0.5, 0.6) is 0 Å². The molecule has 0 spiro atoms. The molecule has 0 saturated heterocycles. The number of aromatic nitrogens is 4. The Bertz CT molecular complexity index is 1130. The molecule has 0 fully saturated rings. The molecule has 3 aromatic heterocycles. The summed E-state index contributed by atoms with van der Waals surface area (Å²) in [5.41, 5.74) is 3.31. The normalized spacial score (nSPS) is 10.7. The van der Waals surface area contributed by atoms with Crippen LogP contribution in [-0.2, 0) is 0 Å². The van der Waals surface area contributed by atoms with Crippen LogP contribution in [0, 0.1) is 6.92 Å². The van der Waals surface area contributed by atoms with Crippen molar-refractivity contribution in [3.63, 3.8) is 0 Å². The summed E-state index contributed by atoms with van der Waals surface area (Å²) in [6, 6.07) is 12.9. The predicted octanol–water partition coefficient (Wildman–Crippen LogP) is 3.38. The minimum atomic E-state index is -0.113. The number of pyridine rings is 1. The second-order valence-electron chi connectivity index (χ2n) is 6.24. The molecule has 8 nitrogen and oxygen atoms in total. The second-order valence-corrected chi connectivity index (χ2v) is 7.13. The van der Waals surface area contributed by atoms with Gasteiger partial charge in [0.1, 0.15) is 23.3 Å². The van der Waals surface area contributed by atoms with Crippen molar-refractivity contribution in [1.29, 1.82) is 0 Å². The molecule has 0 unspecified atom stereocenters. The third-order valence-corrected chi connectivity index (χ3v) is 4.86. The van der Waals surface area contributed by atoms with Gasteiger partial charge in [-0.2, -0.15) is 0 Å². The summed E-state index contributed by atoms with van der Waals surface area (Å²) in [5, 5.41) is 9.27. The van der Waals surface area contributed by atoms with Gasteiger partial charge in [0.15, 0.2) is 0 Å². The molecule has 4 rings (SSSR count). The van der Waals surface area contributed by atoms with E-state index < -0.39 is 0 Å². The van der Waals surface area contributed by atoms with Crippen LogP contribution in [0.15, 0.2) is 54.2 Å². The van der Waals surface area contributed by atoms with Crippen molar-refractivity contribution in [3.8, 4) is 0 Å². The number of hydrogen-bond donors (Lipinski definition) is 3. The highest BCUT2D eigenvalue weighted by molar-refractivity contribution is 7.16. The van der Waals surface area contributed by atoms with Crippen LogP contribution in [0.25, 0.3) is 10.2 Å². The Kier molecular flexibility index (Phi) is 5.57. The number of nitrogens with zero attached hydrogens (tertiary/aromatic N) is 4. The number of thiazole rings is 1. The van der Waals surface area contributed by atoms with E-state index in [2.05, 4.69) is 35.9 Å². The molecule has 0 saturated carbocycles. The van der Waals surface area contributed by atoms with Crippen molar-refractivity contribution in [2.75, 3.05) is 23.7 Å². The van der Waals surface area contributed by atoms with Crippen LogP contribution in [0.4, 0.5) is 17.5 Å². The number of nitrogens with one attached hydrogen (secondary N) is 3. The van der Waals surface area contributed by atoms with Crippen LogP contribution < -0.4 is 16.0 Å². The summed E-state index contributed by atoms with van der Waals surface area (Å²) in [6.45, 7) is 2.83. The Morgan fingerprint density at radius 3 is 2.76 bits per heavy atom. The average Bonchev–Trinajstić information content (AvgIpc) is 3.19. The van der Waals surface area contributed by atoms with E-state index in [1.54, 1.807) is 23.8 Å². The first-order valence-corrected chi connectivity index (χ1v) is 9.94. The molecule has 9 heteroatoms. The Morgan fingerprint density at radius 2 is 1.90 bits per heavy atom. The standard InChI is InChI=1S/C20H19N7OS/c1-13-25-18(11-19(26-13)27-17-4-2-3-7-21-17)22-8-9-23-20(28)14-5-6-15-16(10-14)29-12-24-15/h2-7,10-12H,8-9H2,1H3,(H,23,28)(H2,21,22,25,26,27). The van der Waals surface area contributed by atoms with Gasteiger partial charge in [0.2, 0.25) is 0 Å². The molecule has 1 aromatic carbocycles. The molecule has 0 aliphatic rings. The molecular weight excluding hydrogens is 386 g/mol. The third-order valence-electron chi connectivity index (χ3n) is 4.07. The summed E-state index contributed by atoms with van der Waals surface area (Å²) < 4.78 is 1.00. The maximum Gasteiger partial charge on any atom is 0.251 e.